The lowest BCUT2D eigenvalue weighted by molar-refractivity contribution is -0.123. The number of benzene rings is 1. The van der Waals surface area contributed by atoms with Crippen LogP contribution in [0.2, 0.25) is 5.02 Å². The molecule has 1 aromatic carbocycles. The largest absolute Gasteiger partial charge is 0.348 e. The molecular formula is C14H17ClN2OS. The molecule has 0 saturated carbocycles. The molecule has 1 unspecified atom stereocenters. The van der Waals surface area contributed by atoms with Crippen molar-refractivity contribution in [2.75, 3.05) is 12.3 Å². The number of hydrogen-bond donors (Lipinski definition) is 2. The molecule has 3 nitrogen and oxygen atoms in total. The van der Waals surface area contributed by atoms with E-state index in [-0.39, 0.29) is 18.0 Å². The van der Waals surface area contributed by atoms with Gasteiger partial charge in [-0.1, -0.05) is 11.6 Å². The highest BCUT2D eigenvalue weighted by molar-refractivity contribution is 7.99. The van der Waals surface area contributed by atoms with E-state index < -0.39 is 0 Å². The quantitative estimate of drug-likeness (QED) is 0.882. The number of rotatable bonds is 2. The summed E-state index contributed by atoms with van der Waals surface area (Å²) in [4.78, 5) is 13.4. The third kappa shape index (κ3) is 2.91. The molecule has 19 heavy (non-hydrogen) atoms. The molecule has 1 saturated heterocycles. The SMILES string of the molecule is O=C(NC1CCSc2ccc(Cl)cc21)[C@@H]1CCCN1. The predicted molar refractivity (Wildman–Crippen MR) is 78.7 cm³/mol. The van der Waals surface area contributed by atoms with Crippen molar-refractivity contribution in [2.24, 2.45) is 0 Å². The number of hydrogen-bond acceptors (Lipinski definition) is 3. The van der Waals surface area contributed by atoms with Gasteiger partial charge in [0.05, 0.1) is 12.1 Å². The van der Waals surface area contributed by atoms with Crippen molar-refractivity contribution in [3.05, 3.63) is 28.8 Å². The lowest BCUT2D eigenvalue weighted by Gasteiger charge is -2.27. The molecule has 0 aliphatic carbocycles. The van der Waals surface area contributed by atoms with E-state index in [0.29, 0.717) is 0 Å². The van der Waals surface area contributed by atoms with E-state index in [1.807, 2.05) is 23.9 Å². The Balaban J connectivity index is 1.75. The summed E-state index contributed by atoms with van der Waals surface area (Å²) in [7, 11) is 0. The van der Waals surface area contributed by atoms with Gasteiger partial charge >= 0.3 is 0 Å². The van der Waals surface area contributed by atoms with Crippen molar-refractivity contribution < 1.29 is 4.79 Å². The Hall–Kier alpha value is -0.710. The van der Waals surface area contributed by atoms with Crippen molar-refractivity contribution in [3.8, 4) is 0 Å². The Morgan fingerprint density at radius 2 is 2.32 bits per heavy atom. The maximum atomic E-state index is 12.2. The van der Waals surface area contributed by atoms with E-state index in [1.165, 1.54) is 4.90 Å². The molecule has 2 aliphatic heterocycles. The summed E-state index contributed by atoms with van der Waals surface area (Å²) in [5, 5.41) is 7.14. The normalized spacial score (nSPS) is 25.9. The minimum Gasteiger partial charge on any atom is -0.348 e. The van der Waals surface area contributed by atoms with Crippen molar-refractivity contribution in [3.63, 3.8) is 0 Å². The summed E-state index contributed by atoms with van der Waals surface area (Å²) in [6.45, 7) is 0.945. The van der Waals surface area contributed by atoms with Gasteiger partial charge in [-0.15, -0.1) is 11.8 Å². The van der Waals surface area contributed by atoms with Gasteiger partial charge in [-0.3, -0.25) is 4.79 Å². The van der Waals surface area contributed by atoms with Crippen LogP contribution in [-0.2, 0) is 4.79 Å². The number of carbonyl (C=O) groups is 1. The smallest absolute Gasteiger partial charge is 0.237 e. The number of fused-ring (bicyclic) bond motifs is 1. The highest BCUT2D eigenvalue weighted by Gasteiger charge is 2.27. The third-order valence-electron chi connectivity index (χ3n) is 3.70. The molecule has 1 amide bonds. The Kier molecular flexibility index (Phi) is 4.01. The van der Waals surface area contributed by atoms with Crippen molar-refractivity contribution in [2.45, 2.75) is 36.2 Å². The Labute approximate surface area is 122 Å². The van der Waals surface area contributed by atoms with Crippen LogP contribution in [0.1, 0.15) is 30.9 Å². The average molecular weight is 297 g/mol. The van der Waals surface area contributed by atoms with E-state index in [9.17, 15) is 4.79 Å². The Morgan fingerprint density at radius 3 is 3.11 bits per heavy atom. The van der Waals surface area contributed by atoms with Crippen LogP contribution in [0, 0.1) is 0 Å². The van der Waals surface area contributed by atoms with E-state index in [0.717, 1.165) is 42.1 Å². The average Bonchev–Trinajstić information content (AvgIpc) is 2.93. The van der Waals surface area contributed by atoms with Gasteiger partial charge in [-0.2, -0.15) is 0 Å². The number of thioether (sulfide) groups is 1. The fourth-order valence-corrected chi connectivity index (χ4v) is 3.98. The van der Waals surface area contributed by atoms with Crippen molar-refractivity contribution in [1.82, 2.24) is 10.6 Å². The van der Waals surface area contributed by atoms with E-state index in [2.05, 4.69) is 16.7 Å². The second kappa shape index (κ2) is 5.73. The lowest BCUT2D eigenvalue weighted by Crippen LogP contribution is -2.42. The fraction of sp³-hybridized carbons (Fsp3) is 0.500. The Morgan fingerprint density at radius 1 is 1.42 bits per heavy atom. The molecule has 2 N–H and O–H groups in total. The zero-order valence-electron chi connectivity index (χ0n) is 10.6. The number of amides is 1. The van der Waals surface area contributed by atoms with E-state index in [4.69, 9.17) is 11.6 Å². The molecule has 2 atom stereocenters. The van der Waals surface area contributed by atoms with Gasteiger partial charge in [0.25, 0.3) is 0 Å². The molecular weight excluding hydrogens is 280 g/mol. The first-order valence-electron chi connectivity index (χ1n) is 6.70. The summed E-state index contributed by atoms with van der Waals surface area (Å²) < 4.78 is 0. The predicted octanol–water partition coefficient (Wildman–Crippen LogP) is 2.75. The fourth-order valence-electron chi connectivity index (χ4n) is 2.70. The summed E-state index contributed by atoms with van der Waals surface area (Å²) >= 11 is 7.91. The van der Waals surface area contributed by atoms with Crippen LogP contribution in [0.5, 0.6) is 0 Å². The summed E-state index contributed by atoms with van der Waals surface area (Å²) in [5.41, 5.74) is 1.16. The van der Waals surface area contributed by atoms with Crippen LogP contribution in [0.25, 0.3) is 0 Å². The van der Waals surface area contributed by atoms with Gasteiger partial charge in [-0.05, 0) is 49.6 Å². The van der Waals surface area contributed by atoms with Gasteiger partial charge in [-0.25, -0.2) is 0 Å². The summed E-state index contributed by atoms with van der Waals surface area (Å²) in [6.07, 6.45) is 2.99. The summed E-state index contributed by atoms with van der Waals surface area (Å²) in [6, 6.07) is 6.03. The molecule has 3 rings (SSSR count). The minimum atomic E-state index is -0.0165. The standard InChI is InChI=1S/C14H17ClN2OS/c15-9-3-4-13-10(8-9)11(5-7-19-13)17-14(18)12-2-1-6-16-12/h3-4,8,11-12,16H,1-2,5-7H2,(H,17,18)/t11?,12-/m0/s1. The highest BCUT2D eigenvalue weighted by atomic mass is 35.5. The first-order valence-corrected chi connectivity index (χ1v) is 8.06. The van der Waals surface area contributed by atoms with Crippen molar-refractivity contribution >= 4 is 29.3 Å². The van der Waals surface area contributed by atoms with E-state index in [1.54, 1.807) is 0 Å². The van der Waals surface area contributed by atoms with Crippen LogP contribution in [0.4, 0.5) is 0 Å². The van der Waals surface area contributed by atoms with Crippen LogP contribution in [-0.4, -0.2) is 24.2 Å². The molecule has 102 valence electrons. The zero-order chi connectivity index (χ0) is 13.2. The topological polar surface area (TPSA) is 41.1 Å². The van der Waals surface area contributed by atoms with Crippen LogP contribution >= 0.6 is 23.4 Å². The van der Waals surface area contributed by atoms with Gasteiger partial charge in [0.2, 0.25) is 5.91 Å². The molecule has 0 bridgehead atoms. The molecule has 1 fully saturated rings. The maximum Gasteiger partial charge on any atom is 0.237 e. The van der Waals surface area contributed by atoms with Crippen LogP contribution in [0.15, 0.2) is 23.1 Å². The Bertz CT molecular complexity index is 488. The van der Waals surface area contributed by atoms with Gasteiger partial charge in [0, 0.05) is 15.7 Å². The van der Waals surface area contributed by atoms with E-state index >= 15 is 0 Å². The van der Waals surface area contributed by atoms with Crippen LogP contribution < -0.4 is 10.6 Å². The highest BCUT2D eigenvalue weighted by Crippen LogP contribution is 2.37. The number of carbonyl (C=O) groups excluding carboxylic acids is 1. The van der Waals surface area contributed by atoms with Crippen molar-refractivity contribution in [1.29, 1.82) is 0 Å². The first kappa shape index (κ1) is 13.3. The summed E-state index contributed by atoms with van der Waals surface area (Å²) in [5.74, 6) is 1.16. The number of nitrogens with one attached hydrogen (secondary N) is 2. The molecule has 1 aromatic rings. The second-order valence-corrected chi connectivity index (χ2v) is 6.60. The molecule has 0 spiro atoms. The molecule has 5 heteroatoms. The number of halogens is 1. The zero-order valence-corrected chi connectivity index (χ0v) is 12.2. The van der Waals surface area contributed by atoms with Gasteiger partial charge < -0.3 is 10.6 Å². The molecule has 0 aromatic heterocycles. The molecule has 2 heterocycles. The third-order valence-corrected chi connectivity index (χ3v) is 5.06. The van der Waals surface area contributed by atoms with Crippen LogP contribution in [0.3, 0.4) is 0 Å². The maximum absolute atomic E-state index is 12.2. The first-order chi connectivity index (χ1) is 9.24. The lowest BCUT2D eigenvalue weighted by atomic mass is 10.0. The van der Waals surface area contributed by atoms with Gasteiger partial charge in [0.1, 0.15) is 0 Å². The second-order valence-electron chi connectivity index (χ2n) is 5.03. The monoisotopic (exact) mass is 296 g/mol. The molecule has 0 radical (unpaired) electrons. The minimum absolute atomic E-state index is 0.0165. The van der Waals surface area contributed by atoms with Gasteiger partial charge in [0.15, 0.2) is 0 Å². The molecule has 2 aliphatic rings.